The zero-order chi connectivity index (χ0) is 26.8. The average molecular weight is 514 g/mol. The van der Waals surface area contributed by atoms with Crippen LogP contribution in [0.3, 0.4) is 0 Å². The molecule has 190 valence electrons. The molecule has 0 bridgehead atoms. The number of imidazole rings is 1. The van der Waals surface area contributed by atoms with Crippen molar-refractivity contribution in [1.29, 1.82) is 0 Å². The first-order valence-electron chi connectivity index (χ1n) is 13.7. The molecule has 8 aromatic rings. The molecule has 2 aromatic heterocycles. The number of aromatic nitrogens is 2. The third-order valence-corrected chi connectivity index (χ3v) is 8.13. The van der Waals surface area contributed by atoms with Gasteiger partial charge in [-0.25, -0.2) is 4.98 Å². The van der Waals surface area contributed by atoms with Crippen LogP contribution in [0.2, 0.25) is 0 Å². The van der Waals surface area contributed by atoms with Gasteiger partial charge in [0, 0.05) is 41.5 Å². The Hall–Kier alpha value is -5.15. The van der Waals surface area contributed by atoms with E-state index in [1.807, 2.05) is 0 Å². The van der Waals surface area contributed by atoms with E-state index in [4.69, 9.17) is 4.98 Å². The molecule has 40 heavy (non-hydrogen) atoms. The summed E-state index contributed by atoms with van der Waals surface area (Å²) in [6, 6.07) is 45.8. The maximum atomic E-state index is 5.47. The molecule has 0 aliphatic heterocycles. The highest BCUT2D eigenvalue weighted by molar-refractivity contribution is 6.25. The molecule has 2 heterocycles. The average Bonchev–Trinajstić information content (AvgIpc) is 3.42. The molecule has 0 aliphatic rings. The molecule has 0 radical (unpaired) electrons. The number of benzene rings is 6. The fourth-order valence-corrected chi connectivity index (χ4v) is 6.32. The summed E-state index contributed by atoms with van der Waals surface area (Å²) in [5.74, 6) is 0. The van der Waals surface area contributed by atoms with Crippen LogP contribution in [0.5, 0.6) is 0 Å². The number of anilines is 1. The van der Waals surface area contributed by atoms with Crippen molar-refractivity contribution in [2.24, 2.45) is 0 Å². The molecular weight excluding hydrogens is 486 g/mol. The molecule has 0 unspecified atom stereocenters. The van der Waals surface area contributed by atoms with Crippen LogP contribution in [-0.2, 0) is 0 Å². The quantitative estimate of drug-likeness (QED) is 0.219. The molecule has 0 N–H and O–H groups in total. The van der Waals surface area contributed by atoms with Crippen LogP contribution in [0.25, 0.3) is 71.4 Å². The van der Waals surface area contributed by atoms with E-state index < -0.39 is 0 Å². The van der Waals surface area contributed by atoms with Crippen LogP contribution < -0.4 is 4.90 Å². The largest absolute Gasteiger partial charge is 0.378 e. The van der Waals surface area contributed by atoms with Crippen molar-refractivity contribution < 1.29 is 0 Å². The predicted molar refractivity (Wildman–Crippen MR) is 170 cm³/mol. The first kappa shape index (κ1) is 22.8. The maximum Gasteiger partial charge on any atom is 0.146 e. The monoisotopic (exact) mass is 513 g/mol. The molecule has 0 fully saturated rings. The highest BCUT2D eigenvalue weighted by Gasteiger charge is 2.23. The third kappa shape index (κ3) is 3.21. The minimum Gasteiger partial charge on any atom is -0.378 e. The highest BCUT2D eigenvalue weighted by Crippen LogP contribution is 2.45. The van der Waals surface area contributed by atoms with Gasteiger partial charge in [0.15, 0.2) is 0 Å². The molecule has 3 heteroatoms. The molecular formula is C37H27N3. The van der Waals surface area contributed by atoms with Gasteiger partial charge in [0.1, 0.15) is 5.65 Å². The van der Waals surface area contributed by atoms with Gasteiger partial charge in [0.05, 0.1) is 16.7 Å². The van der Waals surface area contributed by atoms with Crippen LogP contribution in [0.15, 0.2) is 127 Å². The fourth-order valence-electron chi connectivity index (χ4n) is 6.32. The second-order valence-corrected chi connectivity index (χ2v) is 10.6. The Balaban J connectivity index is 1.73. The number of hydrogen-bond donors (Lipinski definition) is 0. The summed E-state index contributed by atoms with van der Waals surface area (Å²) in [7, 11) is 4.20. The molecule has 0 atom stereocenters. The van der Waals surface area contributed by atoms with E-state index in [0.29, 0.717) is 0 Å². The number of nitrogens with zero attached hydrogens (tertiary/aromatic N) is 3. The highest BCUT2D eigenvalue weighted by atomic mass is 15.1. The van der Waals surface area contributed by atoms with Crippen LogP contribution in [-0.4, -0.2) is 23.5 Å². The summed E-state index contributed by atoms with van der Waals surface area (Å²) in [6.07, 6.45) is 0. The van der Waals surface area contributed by atoms with Crippen molar-refractivity contribution in [3.63, 3.8) is 0 Å². The van der Waals surface area contributed by atoms with Crippen molar-refractivity contribution in [3.8, 4) is 22.4 Å². The first-order valence-corrected chi connectivity index (χ1v) is 13.7. The van der Waals surface area contributed by atoms with Crippen LogP contribution in [0.1, 0.15) is 0 Å². The summed E-state index contributed by atoms with van der Waals surface area (Å²) in [4.78, 5) is 7.64. The summed E-state index contributed by atoms with van der Waals surface area (Å²) in [6.45, 7) is 0. The van der Waals surface area contributed by atoms with Crippen molar-refractivity contribution in [2.45, 2.75) is 0 Å². The molecule has 0 spiro atoms. The Kier molecular flexibility index (Phi) is 4.95. The summed E-state index contributed by atoms with van der Waals surface area (Å²) < 4.78 is 2.43. The lowest BCUT2D eigenvalue weighted by atomic mass is 9.93. The van der Waals surface area contributed by atoms with Crippen molar-refractivity contribution >= 4 is 54.7 Å². The lowest BCUT2D eigenvalue weighted by Gasteiger charge is -2.20. The maximum absolute atomic E-state index is 5.47. The topological polar surface area (TPSA) is 20.5 Å². The Morgan fingerprint density at radius 3 is 1.77 bits per heavy atom. The standard InChI is InChI=1S/C37H27N3/c1-39(2)26-21-22-31-32(23-26)33(24-13-5-3-6-14-24)35(25-15-7-4-8-16-25)40-36-30-20-12-10-18-28(30)27-17-9-11-19-29(27)34(36)38-37(31)40/h3-23H,1-2H3. The van der Waals surface area contributed by atoms with Gasteiger partial charge in [-0.15, -0.1) is 0 Å². The molecule has 0 aliphatic carbocycles. The normalized spacial score (nSPS) is 11.8. The minimum absolute atomic E-state index is 0.982. The van der Waals surface area contributed by atoms with E-state index in [9.17, 15) is 0 Å². The Bertz CT molecular complexity index is 2230. The molecule has 0 saturated heterocycles. The minimum atomic E-state index is 0.982. The Morgan fingerprint density at radius 2 is 1.10 bits per heavy atom. The molecule has 8 rings (SSSR count). The fraction of sp³-hybridized carbons (Fsp3) is 0.0541. The van der Waals surface area contributed by atoms with E-state index in [1.54, 1.807) is 0 Å². The van der Waals surface area contributed by atoms with Crippen LogP contribution in [0.4, 0.5) is 5.69 Å². The zero-order valence-electron chi connectivity index (χ0n) is 22.5. The van der Waals surface area contributed by atoms with Gasteiger partial charge in [0.25, 0.3) is 0 Å². The van der Waals surface area contributed by atoms with Crippen molar-refractivity contribution in [2.75, 3.05) is 19.0 Å². The summed E-state index contributed by atoms with van der Waals surface area (Å²) in [5, 5.41) is 7.22. The van der Waals surface area contributed by atoms with Crippen molar-refractivity contribution in [1.82, 2.24) is 9.38 Å². The summed E-state index contributed by atoms with van der Waals surface area (Å²) >= 11 is 0. The van der Waals surface area contributed by atoms with Gasteiger partial charge in [-0.05, 0) is 45.5 Å². The van der Waals surface area contributed by atoms with E-state index in [1.165, 1.54) is 49.3 Å². The second-order valence-electron chi connectivity index (χ2n) is 10.6. The Morgan fingerprint density at radius 1 is 0.525 bits per heavy atom. The predicted octanol–water partition coefficient (Wildman–Crippen LogP) is 9.35. The third-order valence-electron chi connectivity index (χ3n) is 8.13. The van der Waals surface area contributed by atoms with E-state index in [-0.39, 0.29) is 0 Å². The zero-order valence-corrected chi connectivity index (χ0v) is 22.5. The van der Waals surface area contributed by atoms with Gasteiger partial charge in [-0.1, -0.05) is 109 Å². The molecule has 0 saturated carbocycles. The first-order chi connectivity index (χ1) is 19.7. The lowest BCUT2D eigenvalue weighted by Crippen LogP contribution is -2.08. The van der Waals surface area contributed by atoms with E-state index in [2.05, 4.69) is 151 Å². The Labute approximate surface area is 232 Å². The van der Waals surface area contributed by atoms with Crippen LogP contribution >= 0.6 is 0 Å². The van der Waals surface area contributed by atoms with Gasteiger partial charge < -0.3 is 4.90 Å². The van der Waals surface area contributed by atoms with Gasteiger partial charge in [0.2, 0.25) is 0 Å². The van der Waals surface area contributed by atoms with Gasteiger partial charge >= 0.3 is 0 Å². The van der Waals surface area contributed by atoms with Gasteiger partial charge in [-0.3, -0.25) is 4.40 Å². The lowest BCUT2D eigenvalue weighted by molar-refractivity contribution is 1.13. The number of hydrogen-bond acceptors (Lipinski definition) is 2. The van der Waals surface area contributed by atoms with E-state index in [0.717, 1.165) is 27.8 Å². The van der Waals surface area contributed by atoms with Gasteiger partial charge in [-0.2, -0.15) is 0 Å². The smallest absolute Gasteiger partial charge is 0.146 e. The number of pyridine rings is 1. The second kappa shape index (κ2) is 8.69. The molecule has 6 aromatic carbocycles. The van der Waals surface area contributed by atoms with E-state index >= 15 is 0 Å². The molecule has 0 amide bonds. The summed E-state index contributed by atoms with van der Waals surface area (Å²) in [5.41, 5.74) is 9.07. The molecule has 3 nitrogen and oxygen atoms in total. The van der Waals surface area contributed by atoms with Crippen LogP contribution in [0, 0.1) is 0 Å². The number of fused-ring (bicyclic) bond motifs is 10. The van der Waals surface area contributed by atoms with Crippen molar-refractivity contribution in [3.05, 3.63) is 127 Å². The SMILES string of the molecule is CN(C)c1ccc2c(c1)c(-c1ccccc1)c(-c1ccccc1)n1c2nc2c3ccccc3c3ccccc3c21. The number of rotatable bonds is 3.